The SMILES string of the molecule is Cc1cn2ccn(CC3(c4cc(C(F)(F)F)cc(C(F)(F)F)c4)CC3)c(=O)c2n1. The van der Waals surface area contributed by atoms with Crippen LogP contribution in [0, 0.1) is 6.92 Å². The Morgan fingerprint density at radius 2 is 1.59 bits per heavy atom. The van der Waals surface area contributed by atoms with Gasteiger partial charge in [-0.15, -0.1) is 0 Å². The fourth-order valence-corrected chi connectivity index (χ4v) is 3.54. The van der Waals surface area contributed by atoms with Crippen molar-refractivity contribution in [3.63, 3.8) is 0 Å². The number of aryl methyl sites for hydroxylation is 1. The van der Waals surface area contributed by atoms with Gasteiger partial charge < -0.3 is 8.97 Å². The molecule has 0 radical (unpaired) electrons. The van der Waals surface area contributed by atoms with Gasteiger partial charge in [-0.05, 0) is 43.5 Å². The summed E-state index contributed by atoms with van der Waals surface area (Å²) in [5.74, 6) is 0. The average Bonchev–Trinajstić information content (AvgIpc) is 3.30. The lowest BCUT2D eigenvalue weighted by Gasteiger charge is -2.21. The Kier molecular flexibility index (Phi) is 4.11. The maximum absolute atomic E-state index is 13.2. The molecule has 1 fully saturated rings. The highest BCUT2D eigenvalue weighted by atomic mass is 19.4. The molecule has 0 bridgehead atoms. The van der Waals surface area contributed by atoms with Crippen molar-refractivity contribution >= 4 is 5.65 Å². The highest BCUT2D eigenvalue weighted by Gasteiger charge is 2.47. The molecule has 29 heavy (non-hydrogen) atoms. The highest BCUT2D eigenvalue weighted by molar-refractivity contribution is 5.41. The van der Waals surface area contributed by atoms with Crippen LogP contribution in [0.15, 0.2) is 41.6 Å². The maximum Gasteiger partial charge on any atom is 0.416 e. The molecule has 0 amide bonds. The summed E-state index contributed by atoms with van der Waals surface area (Å²) in [6.07, 6.45) is -4.34. The van der Waals surface area contributed by atoms with Crippen LogP contribution in [-0.4, -0.2) is 14.0 Å². The van der Waals surface area contributed by atoms with E-state index in [9.17, 15) is 31.1 Å². The molecule has 1 aliphatic rings. The van der Waals surface area contributed by atoms with Crippen LogP contribution in [0.2, 0.25) is 0 Å². The van der Waals surface area contributed by atoms with Crippen LogP contribution in [0.3, 0.4) is 0 Å². The minimum atomic E-state index is -4.91. The molecule has 10 heteroatoms. The van der Waals surface area contributed by atoms with Gasteiger partial charge in [-0.25, -0.2) is 4.98 Å². The molecule has 2 aromatic heterocycles. The number of rotatable bonds is 3. The zero-order valence-corrected chi connectivity index (χ0v) is 15.1. The van der Waals surface area contributed by atoms with E-state index in [1.165, 1.54) is 15.2 Å². The summed E-state index contributed by atoms with van der Waals surface area (Å²) in [5.41, 5.74) is -3.39. The van der Waals surface area contributed by atoms with Gasteiger partial charge in [0.05, 0.1) is 16.8 Å². The van der Waals surface area contributed by atoms with Gasteiger partial charge in [0.25, 0.3) is 5.56 Å². The fourth-order valence-electron chi connectivity index (χ4n) is 3.54. The van der Waals surface area contributed by atoms with Gasteiger partial charge in [-0.3, -0.25) is 4.79 Å². The molecule has 0 aliphatic heterocycles. The molecule has 0 N–H and O–H groups in total. The van der Waals surface area contributed by atoms with Gasteiger partial charge >= 0.3 is 12.4 Å². The number of nitrogens with zero attached hydrogens (tertiary/aromatic N) is 3. The van der Waals surface area contributed by atoms with E-state index < -0.39 is 34.5 Å². The van der Waals surface area contributed by atoms with Crippen molar-refractivity contribution in [2.45, 2.75) is 44.1 Å². The molecule has 0 atom stereocenters. The van der Waals surface area contributed by atoms with Gasteiger partial charge in [-0.2, -0.15) is 26.3 Å². The Morgan fingerprint density at radius 1 is 1.00 bits per heavy atom. The topological polar surface area (TPSA) is 39.3 Å². The van der Waals surface area contributed by atoms with Gasteiger partial charge in [0, 0.05) is 30.6 Å². The monoisotopic (exact) mass is 415 g/mol. The number of hydrogen-bond acceptors (Lipinski definition) is 2. The summed E-state index contributed by atoms with van der Waals surface area (Å²) in [5, 5.41) is 0. The van der Waals surface area contributed by atoms with Crippen molar-refractivity contribution in [2.75, 3.05) is 0 Å². The summed E-state index contributed by atoms with van der Waals surface area (Å²) in [6.45, 7) is 1.69. The molecule has 2 heterocycles. The van der Waals surface area contributed by atoms with Crippen LogP contribution in [0.4, 0.5) is 26.3 Å². The minimum Gasteiger partial charge on any atom is -0.310 e. The number of hydrogen-bond donors (Lipinski definition) is 0. The second kappa shape index (κ2) is 6.11. The summed E-state index contributed by atoms with van der Waals surface area (Å²) < 4.78 is 81.9. The van der Waals surface area contributed by atoms with Gasteiger partial charge in [0.1, 0.15) is 0 Å². The predicted molar refractivity (Wildman–Crippen MR) is 91.5 cm³/mol. The molecule has 1 saturated carbocycles. The molecule has 4 nitrogen and oxygen atoms in total. The number of imidazole rings is 1. The van der Waals surface area contributed by atoms with Crippen LogP contribution in [0.1, 0.15) is 35.2 Å². The number of halogens is 6. The van der Waals surface area contributed by atoms with E-state index in [1.54, 1.807) is 19.3 Å². The zero-order chi connectivity index (χ0) is 21.2. The van der Waals surface area contributed by atoms with E-state index in [2.05, 4.69) is 4.98 Å². The van der Waals surface area contributed by atoms with Crippen molar-refractivity contribution in [1.29, 1.82) is 0 Å². The largest absolute Gasteiger partial charge is 0.416 e. The quantitative estimate of drug-likeness (QED) is 0.588. The summed E-state index contributed by atoms with van der Waals surface area (Å²) in [4.78, 5) is 16.8. The molecule has 0 unspecified atom stereocenters. The lowest BCUT2D eigenvalue weighted by molar-refractivity contribution is -0.143. The normalized spacial score (nSPS) is 16.4. The molecular weight excluding hydrogens is 400 g/mol. The van der Waals surface area contributed by atoms with Crippen molar-refractivity contribution < 1.29 is 26.3 Å². The third-order valence-corrected chi connectivity index (χ3v) is 5.24. The van der Waals surface area contributed by atoms with Crippen molar-refractivity contribution in [3.8, 4) is 0 Å². The Hall–Kier alpha value is -2.78. The van der Waals surface area contributed by atoms with Crippen LogP contribution in [0.25, 0.3) is 5.65 Å². The smallest absolute Gasteiger partial charge is 0.310 e. The molecule has 1 aliphatic carbocycles. The van der Waals surface area contributed by atoms with Crippen LogP contribution in [0.5, 0.6) is 0 Å². The van der Waals surface area contributed by atoms with Crippen LogP contribution >= 0.6 is 0 Å². The Balaban J connectivity index is 1.78. The van der Waals surface area contributed by atoms with E-state index >= 15 is 0 Å². The Morgan fingerprint density at radius 3 is 2.10 bits per heavy atom. The first kappa shape index (κ1) is 19.5. The summed E-state index contributed by atoms with van der Waals surface area (Å²) in [7, 11) is 0. The molecule has 0 saturated heterocycles. The van der Waals surface area contributed by atoms with Crippen molar-refractivity contribution in [1.82, 2.24) is 14.0 Å². The number of benzene rings is 1. The first-order valence-electron chi connectivity index (χ1n) is 8.74. The predicted octanol–water partition coefficient (Wildman–Crippen LogP) is 4.57. The average molecular weight is 415 g/mol. The molecule has 1 aromatic carbocycles. The van der Waals surface area contributed by atoms with Crippen molar-refractivity contribution in [3.05, 3.63) is 69.5 Å². The van der Waals surface area contributed by atoms with Crippen LogP contribution in [-0.2, 0) is 24.3 Å². The van der Waals surface area contributed by atoms with Gasteiger partial charge in [-0.1, -0.05) is 0 Å². The van der Waals surface area contributed by atoms with Crippen molar-refractivity contribution in [2.24, 2.45) is 0 Å². The zero-order valence-electron chi connectivity index (χ0n) is 15.1. The standard InChI is InChI=1S/C19H15F6N3O/c1-11-9-27-4-5-28(16(29)15(27)26-11)10-17(2-3-17)12-6-13(18(20,21)22)8-14(7-12)19(23,24)25/h4-9H,2-3,10H2,1H3. The lowest BCUT2D eigenvalue weighted by atomic mass is 9.91. The third kappa shape index (κ3) is 3.51. The molecule has 0 spiro atoms. The summed E-state index contributed by atoms with van der Waals surface area (Å²) >= 11 is 0. The maximum atomic E-state index is 13.2. The lowest BCUT2D eigenvalue weighted by Crippen LogP contribution is -2.28. The van der Waals surface area contributed by atoms with E-state index in [0.717, 1.165) is 12.1 Å². The first-order chi connectivity index (χ1) is 13.4. The molecule has 3 aromatic rings. The van der Waals surface area contributed by atoms with Gasteiger partial charge in [0.15, 0.2) is 0 Å². The number of aromatic nitrogens is 3. The second-order valence-electron chi connectivity index (χ2n) is 7.42. The minimum absolute atomic E-state index is 0.0210. The van der Waals surface area contributed by atoms with E-state index in [1.807, 2.05) is 0 Å². The van der Waals surface area contributed by atoms with E-state index in [-0.39, 0.29) is 23.8 Å². The highest BCUT2D eigenvalue weighted by Crippen LogP contribution is 2.51. The van der Waals surface area contributed by atoms with E-state index in [4.69, 9.17) is 0 Å². The third-order valence-electron chi connectivity index (χ3n) is 5.24. The number of alkyl halides is 6. The first-order valence-corrected chi connectivity index (χ1v) is 8.74. The Labute approximate surface area is 160 Å². The molecule has 4 rings (SSSR count). The van der Waals surface area contributed by atoms with E-state index in [0.29, 0.717) is 18.5 Å². The molecule has 154 valence electrons. The fraction of sp³-hybridized carbons (Fsp3) is 0.368. The Bertz CT molecular complexity index is 1120. The second-order valence-corrected chi connectivity index (χ2v) is 7.42. The van der Waals surface area contributed by atoms with Crippen LogP contribution < -0.4 is 5.56 Å². The molecular formula is C19H15F6N3O. The van der Waals surface area contributed by atoms with Gasteiger partial charge in [0.2, 0.25) is 5.65 Å². The summed E-state index contributed by atoms with van der Waals surface area (Å²) in [6, 6.07) is 1.63. The number of fused-ring (bicyclic) bond motifs is 1.